The van der Waals surface area contributed by atoms with E-state index in [2.05, 4.69) is 15.2 Å². The van der Waals surface area contributed by atoms with Gasteiger partial charge in [-0.25, -0.2) is 4.39 Å². The molecule has 6 heteroatoms. The minimum absolute atomic E-state index is 0.131. The zero-order valence-corrected chi connectivity index (χ0v) is 18.9. The summed E-state index contributed by atoms with van der Waals surface area (Å²) in [7, 11) is 0. The van der Waals surface area contributed by atoms with E-state index in [4.69, 9.17) is 11.6 Å². The number of piperidine rings is 1. The molecule has 4 nitrogen and oxygen atoms in total. The molecule has 0 saturated carbocycles. The van der Waals surface area contributed by atoms with Gasteiger partial charge in [0.15, 0.2) is 0 Å². The van der Waals surface area contributed by atoms with Crippen LogP contribution in [0.4, 0.5) is 4.39 Å². The third-order valence-corrected chi connectivity index (χ3v) is 6.58. The number of hydrogen-bond acceptors (Lipinski definition) is 3. The lowest BCUT2D eigenvalue weighted by Gasteiger charge is -2.32. The predicted molar refractivity (Wildman–Crippen MR) is 125 cm³/mol. The summed E-state index contributed by atoms with van der Waals surface area (Å²) in [6, 6.07) is 16.1. The molecule has 0 bridgehead atoms. The molecule has 1 saturated heterocycles. The van der Waals surface area contributed by atoms with Crippen LogP contribution in [0.3, 0.4) is 0 Å². The molecule has 32 heavy (non-hydrogen) atoms. The van der Waals surface area contributed by atoms with E-state index in [9.17, 15) is 9.18 Å². The van der Waals surface area contributed by atoms with Crippen LogP contribution in [0.25, 0.3) is 0 Å². The van der Waals surface area contributed by atoms with Gasteiger partial charge in [0.1, 0.15) is 5.82 Å². The van der Waals surface area contributed by atoms with Crippen molar-refractivity contribution in [2.24, 2.45) is 0 Å². The highest BCUT2D eigenvalue weighted by Gasteiger charge is 2.24. The number of carbonyl (C=O) groups excluding carboxylic acids is 1. The lowest BCUT2D eigenvalue weighted by molar-refractivity contribution is 0.0950. The Morgan fingerprint density at radius 3 is 2.62 bits per heavy atom. The minimum Gasteiger partial charge on any atom is -0.348 e. The lowest BCUT2D eigenvalue weighted by atomic mass is 9.90. The van der Waals surface area contributed by atoms with Gasteiger partial charge in [-0.1, -0.05) is 35.9 Å². The molecule has 1 fully saturated rings. The Bertz CT molecular complexity index is 1080. The van der Waals surface area contributed by atoms with Gasteiger partial charge in [0, 0.05) is 41.5 Å². The molecule has 2 aromatic carbocycles. The highest BCUT2D eigenvalue weighted by molar-refractivity contribution is 6.31. The van der Waals surface area contributed by atoms with Crippen LogP contribution >= 0.6 is 11.6 Å². The molecule has 0 unspecified atom stereocenters. The van der Waals surface area contributed by atoms with E-state index in [-0.39, 0.29) is 11.7 Å². The summed E-state index contributed by atoms with van der Waals surface area (Å²) in [6.07, 6.45) is 3.84. The van der Waals surface area contributed by atoms with Crippen LogP contribution in [0, 0.1) is 12.7 Å². The number of carbonyl (C=O) groups is 1. The molecular formula is C26H27ClFN3O. The normalized spacial score (nSPS) is 15.0. The zero-order chi connectivity index (χ0) is 22.5. The van der Waals surface area contributed by atoms with Gasteiger partial charge in [0.2, 0.25) is 0 Å². The van der Waals surface area contributed by atoms with Crippen LogP contribution in [-0.4, -0.2) is 28.9 Å². The van der Waals surface area contributed by atoms with E-state index in [0.29, 0.717) is 23.0 Å². The van der Waals surface area contributed by atoms with Crippen molar-refractivity contribution in [1.82, 2.24) is 15.2 Å². The predicted octanol–water partition coefficient (Wildman–Crippen LogP) is 5.49. The van der Waals surface area contributed by atoms with Crippen LogP contribution in [0.5, 0.6) is 0 Å². The average Bonchev–Trinajstić information content (AvgIpc) is 2.81. The molecule has 0 aliphatic carbocycles. The molecule has 2 heterocycles. The van der Waals surface area contributed by atoms with Crippen molar-refractivity contribution in [3.8, 4) is 0 Å². The lowest BCUT2D eigenvalue weighted by Crippen LogP contribution is -2.33. The Kier molecular flexibility index (Phi) is 7.18. The number of benzene rings is 2. The molecule has 1 aliphatic heterocycles. The SMILES string of the molecule is Cc1c(Cl)cccc1C(=O)NCc1cccnc1C1CCN(Cc2ccc(F)cc2)CC1. The van der Waals surface area contributed by atoms with Gasteiger partial charge < -0.3 is 5.32 Å². The third kappa shape index (κ3) is 5.34. The van der Waals surface area contributed by atoms with Gasteiger partial charge >= 0.3 is 0 Å². The molecule has 0 radical (unpaired) electrons. The maximum atomic E-state index is 13.1. The van der Waals surface area contributed by atoms with Gasteiger partial charge in [0.05, 0.1) is 0 Å². The monoisotopic (exact) mass is 451 g/mol. The first-order chi connectivity index (χ1) is 15.5. The first-order valence-corrected chi connectivity index (χ1v) is 11.3. The van der Waals surface area contributed by atoms with E-state index in [0.717, 1.165) is 54.9 Å². The van der Waals surface area contributed by atoms with Crippen LogP contribution in [0.2, 0.25) is 5.02 Å². The van der Waals surface area contributed by atoms with Crippen LogP contribution in [0.15, 0.2) is 60.8 Å². The van der Waals surface area contributed by atoms with Crippen molar-refractivity contribution in [3.63, 3.8) is 0 Å². The van der Waals surface area contributed by atoms with Crippen LogP contribution in [-0.2, 0) is 13.1 Å². The first-order valence-electron chi connectivity index (χ1n) is 10.9. The fraction of sp³-hybridized carbons (Fsp3) is 0.308. The third-order valence-electron chi connectivity index (χ3n) is 6.17. The second-order valence-electron chi connectivity index (χ2n) is 8.32. The minimum atomic E-state index is -0.201. The summed E-state index contributed by atoms with van der Waals surface area (Å²) < 4.78 is 13.1. The van der Waals surface area contributed by atoms with Crippen LogP contribution in [0.1, 0.15) is 51.5 Å². The number of rotatable bonds is 6. The number of likely N-dealkylation sites (tertiary alicyclic amines) is 1. The average molecular weight is 452 g/mol. The van der Waals surface area contributed by atoms with Crippen molar-refractivity contribution in [2.75, 3.05) is 13.1 Å². The topological polar surface area (TPSA) is 45.2 Å². The molecule has 4 rings (SSSR count). The number of pyridine rings is 1. The number of aromatic nitrogens is 1. The van der Waals surface area contributed by atoms with E-state index in [1.807, 2.05) is 37.4 Å². The number of amides is 1. The van der Waals surface area contributed by atoms with Gasteiger partial charge in [-0.15, -0.1) is 0 Å². The number of halogens is 2. The molecule has 1 aliphatic rings. The summed E-state index contributed by atoms with van der Waals surface area (Å²) in [5.74, 6) is 0.0298. The summed E-state index contributed by atoms with van der Waals surface area (Å²) in [4.78, 5) is 19.8. The molecular weight excluding hydrogens is 425 g/mol. The summed E-state index contributed by atoms with van der Waals surface area (Å²) in [5, 5.41) is 3.62. The Morgan fingerprint density at radius 2 is 1.88 bits per heavy atom. The van der Waals surface area contributed by atoms with E-state index < -0.39 is 0 Å². The number of nitrogens with zero attached hydrogens (tertiary/aromatic N) is 2. The number of nitrogens with one attached hydrogen (secondary N) is 1. The highest BCUT2D eigenvalue weighted by atomic mass is 35.5. The van der Waals surface area contributed by atoms with E-state index >= 15 is 0 Å². The second-order valence-corrected chi connectivity index (χ2v) is 8.73. The van der Waals surface area contributed by atoms with Gasteiger partial charge in [-0.2, -0.15) is 0 Å². The Hall–Kier alpha value is -2.76. The van der Waals surface area contributed by atoms with Crippen molar-refractivity contribution in [1.29, 1.82) is 0 Å². The van der Waals surface area contributed by atoms with Gasteiger partial charge in [0.25, 0.3) is 5.91 Å². The molecule has 0 atom stereocenters. The quantitative estimate of drug-likeness (QED) is 0.538. The maximum Gasteiger partial charge on any atom is 0.251 e. The summed E-state index contributed by atoms with van der Waals surface area (Å²) >= 11 is 6.16. The largest absolute Gasteiger partial charge is 0.348 e. The fourth-order valence-electron chi connectivity index (χ4n) is 4.30. The molecule has 1 aromatic heterocycles. The number of hydrogen-bond donors (Lipinski definition) is 1. The van der Waals surface area contributed by atoms with Crippen molar-refractivity contribution < 1.29 is 9.18 Å². The molecule has 3 aromatic rings. The zero-order valence-electron chi connectivity index (χ0n) is 18.2. The first kappa shape index (κ1) is 22.4. The van der Waals surface area contributed by atoms with Crippen molar-refractivity contribution >= 4 is 17.5 Å². The standard InChI is InChI=1S/C26H27ClFN3O/c1-18-23(5-2-6-24(18)27)26(32)30-16-21-4-3-13-29-25(21)20-11-14-31(15-12-20)17-19-7-9-22(28)10-8-19/h2-10,13,20H,11-12,14-17H2,1H3,(H,30,32). The van der Waals surface area contributed by atoms with E-state index in [1.165, 1.54) is 12.1 Å². The van der Waals surface area contributed by atoms with E-state index in [1.54, 1.807) is 18.2 Å². The maximum absolute atomic E-state index is 13.1. The van der Waals surface area contributed by atoms with Gasteiger partial charge in [-0.3, -0.25) is 14.7 Å². The molecule has 1 amide bonds. The van der Waals surface area contributed by atoms with Crippen molar-refractivity contribution in [3.05, 3.63) is 99.6 Å². The fourth-order valence-corrected chi connectivity index (χ4v) is 4.48. The Labute approximate surface area is 193 Å². The summed E-state index contributed by atoms with van der Waals surface area (Å²) in [5.41, 5.74) is 4.63. The second kappa shape index (κ2) is 10.2. The van der Waals surface area contributed by atoms with Crippen LogP contribution < -0.4 is 5.32 Å². The molecule has 166 valence electrons. The van der Waals surface area contributed by atoms with Crippen molar-refractivity contribution in [2.45, 2.75) is 38.8 Å². The summed E-state index contributed by atoms with van der Waals surface area (Å²) in [6.45, 7) is 5.05. The molecule has 0 spiro atoms. The van der Waals surface area contributed by atoms with Gasteiger partial charge in [-0.05, 0) is 79.9 Å². The highest BCUT2D eigenvalue weighted by Crippen LogP contribution is 2.29. The molecule has 1 N–H and O–H groups in total. The smallest absolute Gasteiger partial charge is 0.251 e. The Balaban J connectivity index is 1.37. The Morgan fingerprint density at radius 1 is 1.12 bits per heavy atom.